The Kier molecular flexibility index (Phi) is 3.07. The van der Waals surface area contributed by atoms with Crippen LogP contribution < -0.4 is 0 Å². The zero-order chi connectivity index (χ0) is 15.3. The molecule has 2 aliphatic rings. The van der Waals surface area contributed by atoms with Crippen LogP contribution in [0.5, 0.6) is 0 Å². The summed E-state index contributed by atoms with van der Waals surface area (Å²) in [6, 6.07) is 10.1. The quantitative estimate of drug-likeness (QED) is 0.726. The van der Waals surface area contributed by atoms with Crippen LogP contribution in [-0.4, -0.2) is 5.97 Å². The van der Waals surface area contributed by atoms with Crippen molar-refractivity contribution in [2.75, 3.05) is 0 Å². The van der Waals surface area contributed by atoms with Crippen molar-refractivity contribution < 1.29 is 9.53 Å². The second kappa shape index (κ2) is 4.98. The maximum Gasteiger partial charge on any atom is 0.339 e. The molecule has 1 aliphatic heterocycles. The Morgan fingerprint density at radius 3 is 2.36 bits per heavy atom. The molecule has 0 aromatic heterocycles. The van der Waals surface area contributed by atoms with Gasteiger partial charge in [-0.05, 0) is 67.3 Å². The Balaban J connectivity index is 1.97. The Morgan fingerprint density at radius 2 is 1.64 bits per heavy atom. The zero-order valence-corrected chi connectivity index (χ0v) is 13.1. The molecule has 0 radical (unpaired) electrons. The molecule has 0 fully saturated rings. The van der Waals surface area contributed by atoms with Gasteiger partial charge in [-0.3, -0.25) is 0 Å². The van der Waals surface area contributed by atoms with Crippen molar-refractivity contribution in [2.24, 2.45) is 0 Å². The number of esters is 1. The first-order valence-corrected chi connectivity index (χ1v) is 8.09. The summed E-state index contributed by atoms with van der Waals surface area (Å²) in [6.45, 7) is 4.34. The lowest BCUT2D eigenvalue weighted by Crippen LogP contribution is -2.13. The molecule has 112 valence electrons. The largest absolute Gasteiger partial charge is 0.449 e. The molecule has 1 atom stereocenters. The van der Waals surface area contributed by atoms with Gasteiger partial charge in [-0.1, -0.05) is 30.3 Å². The van der Waals surface area contributed by atoms with E-state index in [1.165, 1.54) is 35.1 Å². The number of rotatable bonds is 1. The second-order valence-corrected chi connectivity index (χ2v) is 6.40. The molecule has 2 heteroatoms. The summed E-state index contributed by atoms with van der Waals surface area (Å²) in [4.78, 5) is 12.6. The minimum absolute atomic E-state index is 0.134. The molecule has 1 aliphatic carbocycles. The molecular formula is C20H20O2. The molecule has 2 aromatic carbocycles. The topological polar surface area (TPSA) is 26.3 Å². The summed E-state index contributed by atoms with van der Waals surface area (Å²) in [5.41, 5.74) is 8.28. The van der Waals surface area contributed by atoms with Crippen molar-refractivity contribution in [1.29, 1.82) is 0 Å². The van der Waals surface area contributed by atoms with Crippen molar-refractivity contribution in [1.82, 2.24) is 0 Å². The van der Waals surface area contributed by atoms with Gasteiger partial charge in [0.1, 0.15) is 0 Å². The van der Waals surface area contributed by atoms with Gasteiger partial charge in [-0.2, -0.15) is 0 Å². The number of carbonyl (C=O) groups is 1. The fourth-order valence-electron chi connectivity index (χ4n) is 4.02. The number of cyclic esters (lactones) is 1. The highest BCUT2D eigenvalue weighted by Crippen LogP contribution is 2.43. The van der Waals surface area contributed by atoms with E-state index in [-0.39, 0.29) is 12.1 Å². The smallest absolute Gasteiger partial charge is 0.339 e. The van der Waals surface area contributed by atoms with Crippen LogP contribution in [0.25, 0.3) is 0 Å². The van der Waals surface area contributed by atoms with E-state index in [4.69, 9.17) is 4.74 Å². The van der Waals surface area contributed by atoms with Gasteiger partial charge in [0.05, 0.1) is 5.56 Å². The van der Waals surface area contributed by atoms with Crippen molar-refractivity contribution >= 4 is 5.97 Å². The van der Waals surface area contributed by atoms with Gasteiger partial charge in [0.25, 0.3) is 0 Å². The lowest BCUT2D eigenvalue weighted by atomic mass is 9.79. The van der Waals surface area contributed by atoms with Crippen molar-refractivity contribution in [3.05, 3.63) is 69.3 Å². The lowest BCUT2D eigenvalue weighted by molar-refractivity contribution is 0.0454. The predicted octanol–water partition coefficient (Wildman–Crippen LogP) is 4.44. The minimum Gasteiger partial charge on any atom is -0.449 e. The standard InChI is InChI=1S/C20H20O2/c1-12-13(2)17-18(16-11-7-6-10-15(12)16)20(21)22-19(17)14-8-4-3-5-9-14/h3-5,8-9,19H,6-7,10-11H2,1-2H3. The van der Waals surface area contributed by atoms with Gasteiger partial charge in [0.15, 0.2) is 6.10 Å². The van der Waals surface area contributed by atoms with Crippen molar-refractivity contribution in [2.45, 2.75) is 45.6 Å². The third-order valence-electron chi connectivity index (χ3n) is 5.25. The highest BCUT2D eigenvalue weighted by Gasteiger charge is 2.38. The summed E-state index contributed by atoms with van der Waals surface area (Å²) < 4.78 is 5.78. The van der Waals surface area contributed by atoms with Crippen LogP contribution >= 0.6 is 0 Å². The number of ether oxygens (including phenoxy) is 1. The Labute approximate surface area is 131 Å². The van der Waals surface area contributed by atoms with Crippen LogP contribution in [0.4, 0.5) is 0 Å². The highest BCUT2D eigenvalue weighted by molar-refractivity contribution is 5.97. The number of fused-ring (bicyclic) bond motifs is 3. The van der Waals surface area contributed by atoms with E-state index in [0.29, 0.717) is 0 Å². The maximum atomic E-state index is 12.6. The molecule has 0 N–H and O–H groups in total. The van der Waals surface area contributed by atoms with E-state index >= 15 is 0 Å². The van der Waals surface area contributed by atoms with E-state index in [1.807, 2.05) is 30.3 Å². The van der Waals surface area contributed by atoms with Crippen LogP contribution in [0.1, 0.15) is 62.7 Å². The summed E-state index contributed by atoms with van der Waals surface area (Å²) in [5, 5.41) is 0. The maximum absolute atomic E-state index is 12.6. The predicted molar refractivity (Wildman–Crippen MR) is 86.3 cm³/mol. The third-order valence-corrected chi connectivity index (χ3v) is 5.25. The summed E-state index contributed by atoms with van der Waals surface area (Å²) in [6.07, 6.45) is 4.26. The minimum atomic E-state index is -0.241. The van der Waals surface area contributed by atoms with Crippen molar-refractivity contribution in [3.63, 3.8) is 0 Å². The van der Waals surface area contributed by atoms with Gasteiger partial charge in [0, 0.05) is 5.56 Å². The lowest BCUT2D eigenvalue weighted by Gasteiger charge is -2.23. The third kappa shape index (κ3) is 1.83. The SMILES string of the molecule is Cc1c(C)c2c(c3c1CCCC3)C(=O)OC2c1ccccc1. The normalized spacial score (nSPS) is 19.5. The van der Waals surface area contributed by atoms with Gasteiger partial charge in [-0.15, -0.1) is 0 Å². The Morgan fingerprint density at radius 1 is 0.955 bits per heavy atom. The molecule has 4 rings (SSSR count). The number of hydrogen-bond donors (Lipinski definition) is 0. The van der Waals surface area contributed by atoms with E-state index in [9.17, 15) is 4.79 Å². The monoisotopic (exact) mass is 292 g/mol. The summed E-state index contributed by atoms with van der Waals surface area (Å²) in [7, 11) is 0. The first-order valence-electron chi connectivity index (χ1n) is 8.09. The van der Waals surface area contributed by atoms with E-state index < -0.39 is 0 Å². The summed E-state index contributed by atoms with van der Waals surface area (Å²) in [5.74, 6) is -0.134. The average Bonchev–Trinajstić information content (AvgIpc) is 2.91. The molecule has 2 aromatic rings. The van der Waals surface area contributed by atoms with Gasteiger partial charge in [0.2, 0.25) is 0 Å². The molecule has 0 saturated carbocycles. The Bertz CT molecular complexity index is 759. The van der Waals surface area contributed by atoms with Gasteiger partial charge in [-0.25, -0.2) is 4.79 Å². The van der Waals surface area contributed by atoms with Crippen molar-refractivity contribution in [3.8, 4) is 0 Å². The van der Waals surface area contributed by atoms with E-state index in [1.54, 1.807) is 0 Å². The molecule has 1 unspecified atom stereocenters. The molecule has 0 spiro atoms. The molecule has 0 saturated heterocycles. The van der Waals surface area contributed by atoms with E-state index in [2.05, 4.69) is 13.8 Å². The molecule has 2 nitrogen and oxygen atoms in total. The first kappa shape index (κ1) is 13.6. The fourth-order valence-corrected chi connectivity index (χ4v) is 4.02. The molecule has 1 heterocycles. The van der Waals surface area contributed by atoms with Crippen LogP contribution in [-0.2, 0) is 17.6 Å². The summed E-state index contributed by atoms with van der Waals surface area (Å²) >= 11 is 0. The van der Waals surface area contributed by atoms with E-state index in [0.717, 1.165) is 29.5 Å². The van der Waals surface area contributed by atoms with Gasteiger partial charge >= 0.3 is 5.97 Å². The van der Waals surface area contributed by atoms with Crippen LogP contribution in [0.3, 0.4) is 0 Å². The molecule has 0 amide bonds. The molecule has 22 heavy (non-hydrogen) atoms. The van der Waals surface area contributed by atoms with Crippen LogP contribution in [0.15, 0.2) is 30.3 Å². The number of carbonyl (C=O) groups excluding carboxylic acids is 1. The molecule has 0 bridgehead atoms. The fraction of sp³-hybridized carbons (Fsp3) is 0.350. The highest BCUT2D eigenvalue weighted by atomic mass is 16.5. The number of benzene rings is 2. The Hall–Kier alpha value is -2.09. The number of hydrogen-bond acceptors (Lipinski definition) is 2. The van der Waals surface area contributed by atoms with Gasteiger partial charge < -0.3 is 4.74 Å². The van der Waals surface area contributed by atoms with Crippen LogP contribution in [0.2, 0.25) is 0 Å². The average molecular weight is 292 g/mol. The first-order chi connectivity index (χ1) is 10.7. The molecular weight excluding hydrogens is 272 g/mol. The second-order valence-electron chi connectivity index (χ2n) is 6.40. The zero-order valence-electron chi connectivity index (χ0n) is 13.1. The van der Waals surface area contributed by atoms with Crippen LogP contribution in [0, 0.1) is 13.8 Å².